The van der Waals surface area contributed by atoms with E-state index in [-0.39, 0.29) is 12.4 Å². The molecule has 0 fully saturated rings. The summed E-state index contributed by atoms with van der Waals surface area (Å²) in [4.78, 5) is 7.84. The van der Waals surface area contributed by atoms with Crippen molar-refractivity contribution in [3.05, 3.63) is 89.2 Å². The molecule has 1 aliphatic heterocycles. The molecule has 1 aromatic carbocycles. The number of allylic oxidation sites excluding steroid dienone is 2. The van der Waals surface area contributed by atoms with E-state index in [4.69, 9.17) is 4.74 Å². The van der Waals surface area contributed by atoms with Crippen molar-refractivity contribution in [2.75, 3.05) is 0 Å². The molecule has 0 atom stereocenters. The van der Waals surface area contributed by atoms with Crippen molar-refractivity contribution in [3.8, 4) is 5.75 Å². The van der Waals surface area contributed by atoms with E-state index in [1.807, 2.05) is 0 Å². The molecule has 0 saturated heterocycles. The molecule has 0 saturated carbocycles. The summed E-state index contributed by atoms with van der Waals surface area (Å²) in [5.41, 5.74) is 4.61. The number of hydrogen-bond acceptors (Lipinski definition) is 3. The minimum Gasteiger partial charge on any atom is -0.487 e. The van der Waals surface area contributed by atoms with Crippen LogP contribution in [0.1, 0.15) is 17.1 Å². The van der Waals surface area contributed by atoms with Crippen LogP contribution in [-0.2, 0) is 6.61 Å². The smallest absolute Gasteiger partial charge is 0.248 e. The van der Waals surface area contributed by atoms with E-state index in [2.05, 4.69) is 15.7 Å². The number of hydrogen-bond donors (Lipinski definition) is 0. The predicted octanol–water partition coefficient (Wildman–Crippen LogP) is 4.45. The van der Waals surface area contributed by atoms with Crippen LogP contribution in [0, 0.1) is 17.6 Å². The maximum atomic E-state index is 13.5. The summed E-state index contributed by atoms with van der Waals surface area (Å²) in [6.07, 6.45) is 8.02. The number of imidazole rings is 1. The average Bonchev–Trinajstić information content (AvgIpc) is 2.94. The Hall–Kier alpha value is -3.57. The molecule has 7 heteroatoms. The van der Waals surface area contributed by atoms with Crippen LogP contribution in [0.5, 0.6) is 5.75 Å². The van der Waals surface area contributed by atoms with Crippen molar-refractivity contribution in [2.24, 2.45) is 0 Å². The lowest BCUT2D eigenvalue weighted by Crippen LogP contribution is -1.95. The highest BCUT2D eigenvalue weighted by atomic mass is 19.2. The maximum Gasteiger partial charge on any atom is 0.248 e. The van der Waals surface area contributed by atoms with Gasteiger partial charge in [0.25, 0.3) is 0 Å². The highest BCUT2D eigenvalue weighted by Gasteiger charge is 2.11. The highest BCUT2D eigenvalue weighted by molar-refractivity contribution is 5.84. The van der Waals surface area contributed by atoms with Crippen LogP contribution in [0.2, 0.25) is 0 Å². The molecule has 0 radical (unpaired) electrons. The van der Waals surface area contributed by atoms with Crippen LogP contribution in [-0.4, -0.2) is 14.5 Å². The molecule has 2 aromatic heterocycles. The molecule has 3 aromatic rings. The average molecular weight is 367 g/mol. The molecule has 0 bridgehead atoms. The van der Waals surface area contributed by atoms with Gasteiger partial charge in [0, 0.05) is 35.8 Å². The van der Waals surface area contributed by atoms with Crippen LogP contribution in [0.4, 0.5) is 13.2 Å². The van der Waals surface area contributed by atoms with E-state index in [0.717, 1.165) is 6.07 Å². The number of fused-ring (bicyclic) bond motifs is 1. The van der Waals surface area contributed by atoms with E-state index in [1.54, 1.807) is 29.1 Å². The second-order valence-electron chi connectivity index (χ2n) is 5.78. The Balaban J connectivity index is 1.58. The number of aromatic nitrogens is 3. The Morgan fingerprint density at radius 3 is 2.67 bits per heavy atom. The molecule has 3 heterocycles. The lowest BCUT2D eigenvalue weighted by Gasteiger charge is -2.04. The summed E-state index contributed by atoms with van der Waals surface area (Å²) in [5, 5.41) is 0. The van der Waals surface area contributed by atoms with Crippen LogP contribution in [0.25, 0.3) is 17.8 Å². The number of halogens is 3. The Labute approximate surface area is 152 Å². The van der Waals surface area contributed by atoms with E-state index in [9.17, 15) is 13.2 Å². The second-order valence-corrected chi connectivity index (χ2v) is 5.78. The highest BCUT2D eigenvalue weighted by Crippen LogP contribution is 2.22. The quantitative estimate of drug-likeness (QED) is 0.505. The van der Waals surface area contributed by atoms with E-state index < -0.39 is 11.8 Å². The lowest BCUT2D eigenvalue weighted by molar-refractivity contribution is 0.301. The van der Waals surface area contributed by atoms with E-state index >= 15 is 0 Å². The minimum atomic E-state index is -1.14. The molecule has 0 N–H and O–H groups in total. The number of rotatable bonds is 4. The third kappa shape index (κ3) is 3.68. The first-order valence-electron chi connectivity index (χ1n) is 8.00. The molecule has 4 rings (SSSR count). The van der Waals surface area contributed by atoms with Gasteiger partial charge in [-0.1, -0.05) is 0 Å². The Morgan fingerprint density at radius 2 is 1.89 bits per heavy atom. The molecule has 4 nitrogen and oxygen atoms in total. The zero-order chi connectivity index (χ0) is 18.8. The van der Waals surface area contributed by atoms with Crippen molar-refractivity contribution in [1.82, 2.24) is 14.5 Å². The fraction of sp³-hybridized carbons (Fsp3) is 0.0500. The fourth-order valence-corrected chi connectivity index (χ4v) is 2.56. The van der Waals surface area contributed by atoms with Gasteiger partial charge in [0.2, 0.25) is 5.95 Å². The first kappa shape index (κ1) is 16.9. The first-order valence-corrected chi connectivity index (χ1v) is 8.00. The molecule has 0 unspecified atom stereocenters. The third-order valence-electron chi connectivity index (χ3n) is 3.87. The standard InChI is InChI=1S/C20H12F3N3O/c21-15-4-6-17(7-5-15)27-12-16-11-26-10-13(2-1-3-19(26)25-16)14-8-18(22)20(23)24-9-14/h2-11H,12H2. The van der Waals surface area contributed by atoms with Gasteiger partial charge in [0.05, 0.1) is 5.69 Å². The van der Waals surface area contributed by atoms with Gasteiger partial charge >= 0.3 is 0 Å². The number of ether oxygens (including phenoxy) is 1. The first-order chi connectivity index (χ1) is 13.1. The normalized spacial score (nSPS) is 12.5. The predicted molar refractivity (Wildman–Crippen MR) is 93.8 cm³/mol. The summed E-state index contributed by atoms with van der Waals surface area (Å²) < 4.78 is 46.8. The largest absolute Gasteiger partial charge is 0.487 e. The topological polar surface area (TPSA) is 39.9 Å². The van der Waals surface area contributed by atoms with Crippen LogP contribution < -0.4 is 4.74 Å². The second kappa shape index (κ2) is 6.97. The number of benzene rings is 1. The molecular formula is C20H12F3N3O. The monoisotopic (exact) mass is 367 g/mol. The van der Waals surface area contributed by atoms with Gasteiger partial charge < -0.3 is 9.30 Å². The van der Waals surface area contributed by atoms with E-state index in [1.165, 1.54) is 30.5 Å². The van der Waals surface area contributed by atoms with Crippen LogP contribution in [0.15, 0.2) is 54.5 Å². The van der Waals surface area contributed by atoms with Gasteiger partial charge in [0.1, 0.15) is 24.0 Å². The van der Waals surface area contributed by atoms with Crippen LogP contribution >= 0.6 is 0 Å². The summed E-state index contributed by atoms with van der Waals surface area (Å²) in [6.45, 7) is 0.194. The van der Waals surface area contributed by atoms with Crippen molar-refractivity contribution in [1.29, 1.82) is 0 Å². The zero-order valence-corrected chi connectivity index (χ0v) is 13.9. The summed E-state index contributed by atoms with van der Waals surface area (Å²) in [6, 6.07) is 6.78. The molecule has 27 heavy (non-hydrogen) atoms. The Bertz CT molecular complexity index is 1090. The summed E-state index contributed by atoms with van der Waals surface area (Å²) >= 11 is 0. The van der Waals surface area contributed by atoms with Crippen LogP contribution in [0.3, 0.4) is 0 Å². The van der Waals surface area contributed by atoms with Crippen molar-refractivity contribution < 1.29 is 17.9 Å². The van der Waals surface area contributed by atoms with Gasteiger partial charge in [-0.3, -0.25) is 0 Å². The number of nitrogens with zero attached hydrogens (tertiary/aromatic N) is 3. The fourth-order valence-electron chi connectivity index (χ4n) is 2.56. The Kier molecular flexibility index (Phi) is 4.36. The van der Waals surface area contributed by atoms with Crippen molar-refractivity contribution >= 4 is 17.8 Å². The molecule has 0 aliphatic carbocycles. The SMILES string of the molecule is Fc1ccc(OCc2cn3c(n2)C=C=CC(c2cnc(F)c(F)c2)=C3)cc1. The molecule has 0 amide bonds. The van der Waals surface area contributed by atoms with E-state index in [0.29, 0.717) is 28.4 Å². The Morgan fingerprint density at radius 1 is 1.07 bits per heavy atom. The van der Waals surface area contributed by atoms with Crippen molar-refractivity contribution in [2.45, 2.75) is 6.61 Å². The zero-order valence-electron chi connectivity index (χ0n) is 13.9. The molecule has 0 spiro atoms. The van der Waals surface area contributed by atoms with Gasteiger partial charge in [0.15, 0.2) is 5.82 Å². The van der Waals surface area contributed by atoms with Crippen molar-refractivity contribution in [3.63, 3.8) is 0 Å². The van der Waals surface area contributed by atoms with Gasteiger partial charge in [-0.05, 0) is 36.4 Å². The third-order valence-corrected chi connectivity index (χ3v) is 3.87. The van der Waals surface area contributed by atoms with Gasteiger partial charge in [-0.25, -0.2) is 18.7 Å². The number of pyridine rings is 1. The minimum absolute atomic E-state index is 0.194. The molecular weight excluding hydrogens is 355 g/mol. The van der Waals surface area contributed by atoms with Gasteiger partial charge in [-0.15, -0.1) is 5.73 Å². The summed E-state index contributed by atoms with van der Waals surface area (Å²) in [7, 11) is 0. The lowest BCUT2D eigenvalue weighted by atomic mass is 10.1. The van der Waals surface area contributed by atoms with Gasteiger partial charge in [-0.2, -0.15) is 4.39 Å². The molecule has 134 valence electrons. The molecule has 1 aliphatic rings. The maximum absolute atomic E-state index is 13.5. The summed E-state index contributed by atoms with van der Waals surface area (Å²) in [5.74, 6) is -1.36.